The topological polar surface area (TPSA) is 55.6 Å². The SMILES string of the molecule is CCCOc1cccc(C2C(N)CC(=O)N2C(C)(C)C)c1. The normalized spacial score (nSPS) is 22.7. The maximum absolute atomic E-state index is 12.3. The number of hydrogen-bond acceptors (Lipinski definition) is 3. The third-order valence-corrected chi connectivity index (χ3v) is 3.76. The van der Waals surface area contributed by atoms with Gasteiger partial charge in [0.1, 0.15) is 5.75 Å². The molecule has 1 heterocycles. The molecule has 0 aromatic heterocycles. The van der Waals surface area contributed by atoms with E-state index in [-0.39, 0.29) is 23.5 Å². The number of ether oxygens (including phenoxy) is 1. The summed E-state index contributed by atoms with van der Waals surface area (Å²) in [5.74, 6) is 0.967. The second kappa shape index (κ2) is 6.06. The van der Waals surface area contributed by atoms with Gasteiger partial charge < -0.3 is 15.4 Å². The van der Waals surface area contributed by atoms with Crippen molar-refractivity contribution in [2.24, 2.45) is 5.73 Å². The lowest BCUT2D eigenvalue weighted by Gasteiger charge is -2.38. The van der Waals surface area contributed by atoms with E-state index in [2.05, 4.69) is 6.92 Å². The Morgan fingerprint density at radius 2 is 2.10 bits per heavy atom. The molecular weight excluding hydrogens is 264 g/mol. The Hall–Kier alpha value is -1.55. The summed E-state index contributed by atoms with van der Waals surface area (Å²) < 4.78 is 5.69. The molecule has 1 aliphatic rings. The van der Waals surface area contributed by atoms with Crippen molar-refractivity contribution in [3.8, 4) is 5.75 Å². The summed E-state index contributed by atoms with van der Waals surface area (Å²) in [5.41, 5.74) is 7.05. The number of amides is 1. The van der Waals surface area contributed by atoms with Gasteiger partial charge in [-0.25, -0.2) is 0 Å². The largest absolute Gasteiger partial charge is 0.494 e. The van der Waals surface area contributed by atoms with E-state index in [1.807, 2.05) is 49.9 Å². The fourth-order valence-electron chi connectivity index (χ4n) is 2.95. The zero-order valence-electron chi connectivity index (χ0n) is 13.4. The third kappa shape index (κ3) is 3.38. The van der Waals surface area contributed by atoms with Crippen LogP contribution in [0.3, 0.4) is 0 Å². The number of rotatable bonds is 4. The van der Waals surface area contributed by atoms with E-state index < -0.39 is 0 Å². The zero-order valence-corrected chi connectivity index (χ0v) is 13.4. The highest BCUT2D eigenvalue weighted by molar-refractivity contribution is 5.81. The van der Waals surface area contributed by atoms with Crippen molar-refractivity contribution in [1.82, 2.24) is 4.90 Å². The van der Waals surface area contributed by atoms with Crippen molar-refractivity contribution in [2.45, 2.75) is 58.2 Å². The van der Waals surface area contributed by atoms with Crippen LogP contribution >= 0.6 is 0 Å². The molecule has 0 radical (unpaired) electrons. The third-order valence-electron chi connectivity index (χ3n) is 3.76. The van der Waals surface area contributed by atoms with Crippen LogP contribution in [0.5, 0.6) is 5.75 Å². The maximum Gasteiger partial charge on any atom is 0.225 e. The molecule has 0 aliphatic carbocycles. The Morgan fingerprint density at radius 3 is 2.71 bits per heavy atom. The van der Waals surface area contributed by atoms with Gasteiger partial charge in [-0.3, -0.25) is 4.79 Å². The fraction of sp³-hybridized carbons (Fsp3) is 0.588. The van der Waals surface area contributed by atoms with Crippen LogP contribution in [0.25, 0.3) is 0 Å². The van der Waals surface area contributed by atoms with E-state index in [1.54, 1.807) is 0 Å². The first kappa shape index (κ1) is 15.8. The number of likely N-dealkylation sites (tertiary alicyclic amines) is 1. The Kier molecular flexibility index (Phi) is 4.57. The molecule has 0 bridgehead atoms. The fourth-order valence-corrected chi connectivity index (χ4v) is 2.95. The molecule has 2 rings (SSSR count). The lowest BCUT2D eigenvalue weighted by molar-refractivity contribution is -0.133. The van der Waals surface area contributed by atoms with Gasteiger partial charge in [-0.1, -0.05) is 19.1 Å². The summed E-state index contributed by atoms with van der Waals surface area (Å²) in [7, 11) is 0. The summed E-state index contributed by atoms with van der Waals surface area (Å²) in [6, 6.07) is 7.71. The highest BCUT2D eigenvalue weighted by atomic mass is 16.5. The second-order valence-electron chi connectivity index (χ2n) is 6.67. The molecule has 2 atom stereocenters. The molecule has 1 saturated heterocycles. The molecule has 21 heavy (non-hydrogen) atoms. The molecule has 4 nitrogen and oxygen atoms in total. The van der Waals surface area contributed by atoms with Gasteiger partial charge in [0.05, 0.1) is 12.6 Å². The first-order chi connectivity index (χ1) is 9.84. The molecule has 1 amide bonds. The van der Waals surface area contributed by atoms with Gasteiger partial charge in [-0.05, 0) is 44.9 Å². The molecule has 1 aromatic rings. The predicted octanol–water partition coefficient (Wildman–Crippen LogP) is 2.87. The molecule has 1 fully saturated rings. The minimum absolute atomic E-state index is 0.0809. The van der Waals surface area contributed by atoms with Gasteiger partial charge in [0, 0.05) is 18.0 Å². The summed E-state index contributed by atoms with van der Waals surface area (Å²) in [5, 5.41) is 0. The van der Waals surface area contributed by atoms with Crippen molar-refractivity contribution < 1.29 is 9.53 Å². The number of carbonyl (C=O) groups is 1. The van der Waals surface area contributed by atoms with Crippen molar-refractivity contribution in [1.29, 1.82) is 0 Å². The van der Waals surface area contributed by atoms with Crippen LogP contribution in [0, 0.1) is 0 Å². The summed E-state index contributed by atoms with van der Waals surface area (Å²) in [4.78, 5) is 14.2. The van der Waals surface area contributed by atoms with Crippen LogP contribution in [0.4, 0.5) is 0 Å². The van der Waals surface area contributed by atoms with Crippen LogP contribution in [0.15, 0.2) is 24.3 Å². The lowest BCUT2D eigenvalue weighted by atomic mass is 9.97. The summed E-state index contributed by atoms with van der Waals surface area (Å²) >= 11 is 0. The first-order valence-electron chi connectivity index (χ1n) is 7.65. The highest BCUT2D eigenvalue weighted by Crippen LogP contribution is 2.38. The Balaban J connectivity index is 2.32. The molecule has 2 unspecified atom stereocenters. The van der Waals surface area contributed by atoms with Gasteiger partial charge in [0.25, 0.3) is 0 Å². The Morgan fingerprint density at radius 1 is 1.38 bits per heavy atom. The molecular formula is C17H26N2O2. The summed E-state index contributed by atoms with van der Waals surface area (Å²) in [6.45, 7) is 8.92. The minimum atomic E-state index is -0.240. The van der Waals surface area contributed by atoms with E-state index in [9.17, 15) is 4.79 Å². The van der Waals surface area contributed by atoms with E-state index in [1.165, 1.54) is 0 Å². The van der Waals surface area contributed by atoms with Gasteiger partial charge >= 0.3 is 0 Å². The Bertz CT molecular complexity index is 508. The molecule has 1 aromatic carbocycles. The van der Waals surface area contributed by atoms with E-state index in [0.717, 1.165) is 17.7 Å². The van der Waals surface area contributed by atoms with Crippen molar-refractivity contribution in [3.05, 3.63) is 29.8 Å². The second-order valence-corrected chi connectivity index (χ2v) is 6.67. The maximum atomic E-state index is 12.3. The molecule has 116 valence electrons. The van der Waals surface area contributed by atoms with Crippen molar-refractivity contribution >= 4 is 5.91 Å². The monoisotopic (exact) mass is 290 g/mol. The predicted molar refractivity (Wildman–Crippen MR) is 84.2 cm³/mol. The lowest BCUT2D eigenvalue weighted by Crippen LogP contribution is -2.45. The molecule has 2 N–H and O–H groups in total. The molecule has 4 heteroatoms. The number of carbonyl (C=O) groups excluding carboxylic acids is 1. The van der Waals surface area contributed by atoms with Crippen LogP contribution in [0.1, 0.15) is 52.1 Å². The van der Waals surface area contributed by atoms with E-state index in [4.69, 9.17) is 10.5 Å². The minimum Gasteiger partial charge on any atom is -0.494 e. The standard InChI is InChI=1S/C17H26N2O2/c1-5-9-21-13-8-6-7-12(10-13)16-14(18)11-15(20)19(16)17(2,3)4/h6-8,10,14,16H,5,9,11,18H2,1-4H3. The highest BCUT2D eigenvalue weighted by Gasteiger charge is 2.43. The Labute approximate surface area is 127 Å². The van der Waals surface area contributed by atoms with Crippen molar-refractivity contribution in [2.75, 3.05) is 6.61 Å². The smallest absolute Gasteiger partial charge is 0.225 e. The summed E-state index contributed by atoms with van der Waals surface area (Å²) in [6.07, 6.45) is 1.38. The number of nitrogens with zero attached hydrogens (tertiary/aromatic N) is 1. The van der Waals surface area contributed by atoms with Gasteiger partial charge in [0.15, 0.2) is 0 Å². The average Bonchev–Trinajstić information content (AvgIpc) is 2.71. The van der Waals surface area contributed by atoms with Crippen LogP contribution in [-0.4, -0.2) is 29.0 Å². The van der Waals surface area contributed by atoms with Crippen molar-refractivity contribution in [3.63, 3.8) is 0 Å². The molecule has 0 saturated carbocycles. The van der Waals surface area contributed by atoms with Gasteiger partial charge in [-0.15, -0.1) is 0 Å². The van der Waals surface area contributed by atoms with E-state index in [0.29, 0.717) is 13.0 Å². The van der Waals surface area contributed by atoms with Crippen LogP contribution in [-0.2, 0) is 4.79 Å². The average molecular weight is 290 g/mol. The van der Waals surface area contributed by atoms with Gasteiger partial charge in [0.2, 0.25) is 5.91 Å². The first-order valence-corrected chi connectivity index (χ1v) is 7.65. The number of hydrogen-bond donors (Lipinski definition) is 1. The number of nitrogens with two attached hydrogens (primary N) is 1. The number of benzene rings is 1. The molecule has 0 spiro atoms. The van der Waals surface area contributed by atoms with Gasteiger partial charge in [-0.2, -0.15) is 0 Å². The van der Waals surface area contributed by atoms with Crippen LogP contribution < -0.4 is 10.5 Å². The quantitative estimate of drug-likeness (QED) is 0.927. The molecule has 1 aliphatic heterocycles. The zero-order chi connectivity index (χ0) is 15.6. The van der Waals surface area contributed by atoms with Crippen LogP contribution in [0.2, 0.25) is 0 Å². The van der Waals surface area contributed by atoms with E-state index >= 15 is 0 Å².